The lowest BCUT2D eigenvalue weighted by atomic mass is 10.1. The summed E-state index contributed by atoms with van der Waals surface area (Å²) in [4.78, 5) is 0. The molecule has 1 nitrogen and oxygen atoms in total. The highest BCUT2D eigenvalue weighted by Crippen LogP contribution is 2.25. The summed E-state index contributed by atoms with van der Waals surface area (Å²) in [5.74, 6) is 0. The maximum Gasteiger partial charge on any atom is 0.0496 e. The van der Waals surface area contributed by atoms with Crippen LogP contribution in [0.1, 0.15) is 12.5 Å². The first-order valence-electron chi connectivity index (χ1n) is 3.49. The fraction of sp³-hybridized carbons (Fsp3) is 0.111. The smallest absolute Gasteiger partial charge is 0.0496 e. The van der Waals surface area contributed by atoms with Gasteiger partial charge in [-0.1, -0.05) is 29.3 Å². The highest BCUT2D eigenvalue weighted by atomic mass is 35.5. The molecule has 0 heterocycles. The van der Waals surface area contributed by atoms with E-state index >= 15 is 0 Å². The van der Waals surface area contributed by atoms with Crippen LogP contribution in [0, 0.1) is 0 Å². The Morgan fingerprint density at radius 1 is 1.42 bits per heavy atom. The SMILES string of the molecule is C/C(=C\N)c1ccc(Cl)cc1Cl. The van der Waals surface area contributed by atoms with Crippen LogP contribution in [0.5, 0.6) is 0 Å². The summed E-state index contributed by atoms with van der Waals surface area (Å²) in [5, 5.41) is 1.26. The number of benzene rings is 1. The van der Waals surface area contributed by atoms with Crippen LogP contribution in [0.2, 0.25) is 10.0 Å². The quantitative estimate of drug-likeness (QED) is 0.742. The average Bonchev–Trinajstić information content (AvgIpc) is 2.03. The van der Waals surface area contributed by atoms with Crippen LogP contribution in [-0.2, 0) is 0 Å². The van der Waals surface area contributed by atoms with E-state index in [-0.39, 0.29) is 0 Å². The van der Waals surface area contributed by atoms with Crippen molar-refractivity contribution in [3.8, 4) is 0 Å². The van der Waals surface area contributed by atoms with Crippen molar-refractivity contribution in [1.82, 2.24) is 0 Å². The van der Waals surface area contributed by atoms with Crippen molar-refractivity contribution in [3.05, 3.63) is 40.0 Å². The van der Waals surface area contributed by atoms with Gasteiger partial charge in [-0.15, -0.1) is 0 Å². The second kappa shape index (κ2) is 3.83. The van der Waals surface area contributed by atoms with Crippen molar-refractivity contribution in [3.63, 3.8) is 0 Å². The lowest BCUT2D eigenvalue weighted by Gasteiger charge is -2.03. The van der Waals surface area contributed by atoms with E-state index in [1.807, 2.05) is 13.0 Å². The summed E-state index contributed by atoms with van der Waals surface area (Å²) >= 11 is 11.7. The van der Waals surface area contributed by atoms with E-state index in [1.165, 1.54) is 6.20 Å². The van der Waals surface area contributed by atoms with Crippen LogP contribution < -0.4 is 5.73 Å². The third-order valence-electron chi connectivity index (χ3n) is 1.61. The average molecular weight is 202 g/mol. The molecule has 0 atom stereocenters. The van der Waals surface area contributed by atoms with Crippen LogP contribution in [0.4, 0.5) is 0 Å². The van der Waals surface area contributed by atoms with Gasteiger partial charge in [-0.25, -0.2) is 0 Å². The van der Waals surface area contributed by atoms with Gasteiger partial charge in [0.1, 0.15) is 0 Å². The van der Waals surface area contributed by atoms with Gasteiger partial charge in [-0.2, -0.15) is 0 Å². The van der Waals surface area contributed by atoms with Gasteiger partial charge < -0.3 is 5.73 Å². The van der Waals surface area contributed by atoms with Gasteiger partial charge >= 0.3 is 0 Å². The van der Waals surface area contributed by atoms with Crippen molar-refractivity contribution in [1.29, 1.82) is 0 Å². The van der Waals surface area contributed by atoms with E-state index in [0.717, 1.165) is 11.1 Å². The molecular weight excluding hydrogens is 193 g/mol. The first kappa shape index (κ1) is 9.43. The molecule has 0 aliphatic carbocycles. The highest BCUT2D eigenvalue weighted by Gasteiger charge is 2.01. The Hall–Kier alpha value is -0.660. The minimum Gasteiger partial charge on any atom is -0.404 e. The van der Waals surface area contributed by atoms with Gasteiger partial charge in [0.15, 0.2) is 0 Å². The normalized spacial score (nSPS) is 11.8. The van der Waals surface area contributed by atoms with Crippen molar-refractivity contribution in [2.75, 3.05) is 0 Å². The molecule has 64 valence electrons. The van der Waals surface area contributed by atoms with Crippen LogP contribution >= 0.6 is 23.2 Å². The molecule has 1 aromatic rings. The number of hydrogen-bond acceptors (Lipinski definition) is 1. The van der Waals surface area contributed by atoms with Crippen LogP contribution in [0.25, 0.3) is 5.57 Å². The second-order valence-corrected chi connectivity index (χ2v) is 3.32. The van der Waals surface area contributed by atoms with E-state index in [9.17, 15) is 0 Å². The third-order valence-corrected chi connectivity index (χ3v) is 2.15. The minimum absolute atomic E-state index is 0.627. The summed E-state index contributed by atoms with van der Waals surface area (Å²) in [6, 6.07) is 5.34. The number of hydrogen-bond donors (Lipinski definition) is 1. The molecule has 0 amide bonds. The van der Waals surface area contributed by atoms with Gasteiger partial charge in [0.05, 0.1) is 0 Å². The van der Waals surface area contributed by atoms with E-state index in [1.54, 1.807) is 12.1 Å². The number of rotatable bonds is 1. The Morgan fingerprint density at radius 3 is 2.58 bits per heavy atom. The van der Waals surface area contributed by atoms with E-state index in [2.05, 4.69) is 0 Å². The standard InChI is InChI=1S/C9H9Cl2N/c1-6(5-12)8-3-2-7(10)4-9(8)11/h2-5H,12H2,1H3/b6-5+. The predicted octanol–water partition coefficient (Wildman–Crippen LogP) is 3.31. The summed E-state index contributed by atoms with van der Waals surface area (Å²) in [6.45, 7) is 1.90. The van der Waals surface area contributed by atoms with Crippen LogP contribution in [-0.4, -0.2) is 0 Å². The molecule has 0 spiro atoms. The van der Waals surface area contributed by atoms with Crippen LogP contribution in [0.3, 0.4) is 0 Å². The molecule has 1 rings (SSSR count). The van der Waals surface area contributed by atoms with Crippen molar-refractivity contribution < 1.29 is 0 Å². The summed E-state index contributed by atoms with van der Waals surface area (Å²) in [7, 11) is 0. The van der Waals surface area contributed by atoms with Crippen molar-refractivity contribution in [2.45, 2.75) is 6.92 Å². The van der Waals surface area contributed by atoms with Gasteiger partial charge in [-0.05, 0) is 36.4 Å². The Kier molecular flexibility index (Phi) is 3.01. The monoisotopic (exact) mass is 201 g/mol. The molecule has 1 aromatic carbocycles. The van der Waals surface area contributed by atoms with Crippen molar-refractivity contribution in [2.24, 2.45) is 5.73 Å². The zero-order valence-electron chi connectivity index (χ0n) is 6.64. The van der Waals surface area contributed by atoms with Gasteiger partial charge in [0.25, 0.3) is 0 Å². The van der Waals surface area contributed by atoms with Gasteiger partial charge in [-0.3, -0.25) is 0 Å². The molecule has 0 unspecified atom stereocenters. The fourth-order valence-corrected chi connectivity index (χ4v) is 1.46. The number of allylic oxidation sites excluding steroid dienone is 1. The van der Waals surface area contributed by atoms with E-state index in [0.29, 0.717) is 10.0 Å². The Bertz CT molecular complexity index is 318. The molecule has 0 saturated heterocycles. The zero-order chi connectivity index (χ0) is 9.14. The summed E-state index contributed by atoms with van der Waals surface area (Å²) in [6.07, 6.45) is 1.52. The molecule has 0 fully saturated rings. The molecule has 2 N–H and O–H groups in total. The summed E-state index contributed by atoms with van der Waals surface area (Å²) in [5.41, 5.74) is 7.22. The van der Waals surface area contributed by atoms with Gasteiger partial charge in [0, 0.05) is 10.0 Å². The number of halogens is 2. The lowest BCUT2D eigenvalue weighted by molar-refractivity contribution is 1.51. The predicted molar refractivity (Wildman–Crippen MR) is 54.3 cm³/mol. The van der Waals surface area contributed by atoms with E-state index < -0.39 is 0 Å². The minimum atomic E-state index is 0.627. The Labute approximate surface area is 81.8 Å². The van der Waals surface area contributed by atoms with Crippen LogP contribution in [0.15, 0.2) is 24.4 Å². The highest BCUT2D eigenvalue weighted by molar-refractivity contribution is 6.35. The maximum absolute atomic E-state index is 5.92. The molecule has 12 heavy (non-hydrogen) atoms. The zero-order valence-corrected chi connectivity index (χ0v) is 8.15. The molecule has 0 aliphatic rings. The maximum atomic E-state index is 5.92. The van der Waals surface area contributed by atoms with Crippen molar-refractivity contribution >= 4 is 28.8 Å². The second-order valence-electron chi connectivity index (χ2n) is 2.47. The lowest BCUT2D eigenvalue weighted by Crippen LogP contribution is -1.86. The molecule has 0 radical (unpaired) electrons. The third kappa shape index (κ3) is 1.93. The first-order chi connectivity index (χ1) is 5.65. The number of nitrogens with two attached hydrogens (primary N) is 1. The molecule has 3 heteroatoms. The first-order valence-corrected chi connectivity index (χ1v) is 4.24. The topological polar surface area (TPSA) is 26.0 Å². The molecule has 0 saturated carbocycles. The molecule has 0 aromatic heterocycles. The largest absolute Gasteiger partial charge is 0.404 e. The fourth-order valence-electron chi connectivity index (χ4n) is 0.899. The van der Waals surface area contributed by atoms with Gasteiger partial charge in [0.2, 0.25) is 0 Å². The Balaban J connectivity index is 3.18. The Morgan fingerprint density at radius 2 is 2.08 bits per heavy atom. The molecule has 0 aliphatic heterocycles. The van der Waals surface area contributed by atoms with E-state index in [4.69, 9.17) is 28.9 Å². The summed E-state index contributed by atoms with van der Waals surface area (Å²) < 4.78 is 0. The molecule has 0 bridgehead atoms. The molecular formula is C9H9Cl2N.